The van der Waals surface area contributed by atoms with Crippen LogP contribution in [0.4, 0.5) is 5.82 Å². The Bertz CT molecular complexity index is 568. The Labute approximate surface area is 132 Å². The van der Waals surface area contributed by atoms with Crippen molar-refractivity contribution in [2.24, 2.45) is 5.92 Å². The van der Waals surface area contributed by atoms with Gasteiger partial charge in [-0.15, -0.1) is 0 Å². The lowest BCUT2D eigenvalue weighted by molar-refractivity contribution is 0.0415. The lowest BCUT2D eigenvalue weighted by Gasteiger charge is -2.42. The van der Waals surface area contributed by atoms with Crippen molar-refractivity contribution in [2.45, 2.75) is 46.6 Å². The zero-order valence-corrected chi connectivity index (χ0v) is 14.0. The SMILES string of the molecule is CC.Cc1nc(C(C)C)c2c(n1)N1COCC(C#N)C1CO2. The van der Waals surface area contributed by atoms with Crippen molar-refractivity contribution >= 4 is 5.82 Å². The van der Waals surface area contributed by atoms with Gasteiger partial charge in [-0.2, -0.15) is 5.26 Å². The van der Waals surface area contributed by atoms with E-state index in [0.29, 0.717) is 19.9 Å². The van der Waals surface area contributed by atoms with Gasteiger partial charge < -0.3 is 14.4 Å². The molecule has 6 nitrogen and oxygen atoms in total. The summed E-state index contributed by atoms with van der Waals surface area (Å²) in [7, 11) is 0. The fourth-order valence-corrected chi connectivity index (χ4v) is 2.71. The molecule has 120 valence electrons. The Kier molecular flexibility index (Phi) is 5.19. The second-order valence-corrected chi connectivity index (χ2v) is 5.55. The molecule has 0 N–H and O–H groups in total. The summed E-state index contributed by atoms with van der Waals surface area (Å²) in [4.78, 5) is 11.0. The van der Waals surface area contributed by atoms with Crippen LogP contribution >= 0.6 is 0 Å². The molecule has 1 aromatic rings. The summed E-state index contributed by atoms with van der Waals surface area (Å²) in [6.45, 7) is 11.4. The van der Waals surface area contributed by atoms with Gasteiger partial charge in [-0.05, 0) is 12.8 Å². The molecule has 0 amide bonds. The van der Waals surface area contributed by atoms with E-state index in [4.69, 9.17) is 9.47 Å². The standard InChI is InChI=1S/C14H18N4O2.C2H6/c1-8(2)12-13-14(17-9(3)16-12)18-7-19-5-10(4-15)11(18)6-20-13;1-2/h8,10-11H,5-7H2,1-3H3;1-2H3. The summed E-state index contributed by atoms with van der Waals surface area (Å²) in [6.07, 6.45) is 0. The summed E-state index contributed by atoms with van der Waals surface area (Å²) >= 11 is 0. The number of ether oxygens (including phenoxy) is 2. The Morgan fingerprint density at radius 2 is 2.00 bits per heavy atom. The molecule has 0 bridgehead atoms. The lowest BCUT2D eigenvalue weighted by Crippen LogP contribution is -2.54. The van der Waals surface area contributed by atoms with Gasteiger partial charge in [-0.25, -0.2) is 9.97 Å². The molecule has 22 heavy (non-hydrogen) atoms. The average Bonchev–Trinajstić information content (AvgIpc) is 2.55. The Morgan fingerprint density at radius 3 is 2.64 bits per heavy atom. The van der Waals surface area contributed by atoms with E-state index >= 15 is 0 Å². The van der Waals surface area contributed by atoms with Gasteiger partial charge in [0.2, 0.25) is 0 Å². The van der Waals surface area contributed by atoms with Crippen LogP contribution < -0.4 is 9.64 Å². The third kappa shape index (κ3) is 2.86. The molecule has 2 aliphatic heterocycles. The quantitative estimate of drug-likeness (QED) is 0.794. The van der Waals surface area contributed by atoms with Crippen LogP contribution in [0.1, 0.15) is 45.1 Å². The van der Waals surface area contributed by atoms with Gasteiger partial charge in [0.05, 0.1) is 30.3 Å². The van der Waals surface area contributed by atoms with E-state index in [0.717, 1.165) is 23.1 Å². The second-order valence-electron chi connectivity index (χ2n) is 5.55. The van der Waals surface area contributed by atoms with Crippen LogP contribution in [0.25, 0.3) is 0 Å². The summed E-state index contributed by atoms with van der Waals surface area (Å²) in [5, 5.41) is 9.23. The van der Waals surface area contributed by atoms with Gasteiger partial charge in [-0.1, -0.05) is 27.7 Å². The molecule has 1 fully saturated rings. The third-order valence-corrected chi connectivity index (χ3v) is 3.76. The van der Waals surface area contributed by atoms with Crippen molar-refractivity contribution in [1.29, 1.82) is 5.26 Å². The molecule has 0 saturated carbocycles. The first-order valence-electron chi connectivity index (χ1n) is 7.87. The van der Waals surface area contributed by atoms with E-state index < -0.39 is 0 Å². The molecule has 1 saturated heterocycles. The molecule has 0 aromatic carbocycles. The molecule has 2 atom stereocenters. The summed E-state index contributed by atoms with van der Waals surface area (Å²) in [5.41, 5.74) is 0.921. The number of nitrogens with zero attached hydrogens (tertiary/aromatic N) is 4. The van der Waals surface area contributed by atoms with Crippen LogP contribution in [0.2, 0.25) is 0 Å². The summed E-state index contributed by atoms with van der Waals surface area (Å²) in [6, 6.07) is 2.31. The van der Waals surface area contributed by atoms with Crippen LogP contribution in [0, 0.1) is 24.2 Å². The maximum absolute atomic E-state index is 9.23. The second kappa shape index (κ2) is 6.93. The Balaban J connectivity index is 0.000000847. The van der Waals surface area contributed by atoms with Crippen molar-refractivity contribution in [1.82, 2.24) is 9.97 Å². The molecule has 0 spiro atoms. The monoisotopic (exact) mass is 304 g/mol. The molecule has 6 heteroatoms. The van der Waals surface area contributed by atoms with Crippen LogP contribution in [0.3, 0.4) is 0 Å². The number of anilines is 1. The van der Waals surface area contributed by atoms with E-state index in [1.807, 2.05) is 25.7 Å². The fourth-order valence-electron chi connectivity index (χ4n) is 2.71. The highest BCUT2D eigenvalue weighted by atomic mass is 16.5. The smallest absolute Gasteiger partial charge is 0.183 e. The third-order valence-electron chi connectivity index (χ3n) is 3.76. The maximum Gasteiger partial charge on any atom is 0.183 e. The zero-order valence-electron chi connectivity index (χ0n) is 14.0. The normalized spacial score (nSPS) is 22.7. The Hall–Kier alpha value is -1.87. The predicted octanol–water partition coefficient (Wildman–Crippen LogP) is 2.63. The van der Waals surface area contributed by atoms with Gasteiger partial charge in [0.15, 0.2) is 11.6 Å². The molecule has 3 heterocycles. The molecule has 0 aliphatic carbocycles. The van der Waals surface area contributed by atoms with E-state index in [9.17, 15) is 5.26 Å². The van der Waals surface area contributed by atoms with Gasteiger partial charge >= 0.3 is 0 Å². The van der Waals surface area contributed by atoms with Crippen LogP contribution in [-0.4, -0.2) is 36.0 Å². The Morgan fingerprint density at radius 1 is 1.27 bits per heavy atom. The molecule has 3 rings (SSSR count). The number of hydrogen-bond donors (Lipinski definition) is 0. The highest BCUT2D eigenvalue weighted by Crippen LogP contribution is 2.39. The minimum absolute atomic E-state index is 0.00978. The minimum Gasteiger partial charge on any atom is -0.486 e. The highest BCUT2D eigenvalue weighted by Gasteiger charge is 2.39. The molecule has 1 aromatic heterocycles. The first-order valence-corrected chi connectivity index (χ1v) is 7.87. The summed E-state index contributed by atoms with van der Waals surface area (Å²) in [5.74, 6) is 2.30. The van der Waals surface area contributed by atoms with Gasteiger partial charge in [-0.3, -0.25) is 0 Å². The largest absolute Gasteiger partial charge is 0.486 e. The molecular formula is C16H24N4O2. The molecular weight excluding hydrogens is 280 g/mol. The number of aryl methyl sites for hydroxylation is 1. The van der Waals surface area contributed by atoms with E-state index in [1.54, 1.807) is 0 Å². The first kappa shape index (κ1) is 16.5. The summed E-state index contributed by atoms with van der Waals surface area (Å²) < 4.78 is 11.4. The van der Waals surface area contributed by atoms with Gasteiger partial charge in [0, 0.05) is 0 Å². The van der Waals surface area contributed by atoms with Crippen molar-refractivity contribution in [3.8, 4) is 11.8 Å². The van der Waals surface area contributed by atoms with E-state index in [1.165, 1.54) is 0 Å². The topological polar surface area (TPSA) is 71.3 Å². The minimum atomic E-state index is -0.185. The zero-order chi connectivity index (χ0) is 16.3. The molecule has 2 aliphatic rings. The van der Waals surface area contributed by atoms with Gasteiger partial charge in [0.25, 0.3) is 0 Å². The number of aromatic nitrogens is 2. The van der Waals surface area contributed by atoms with Crippen molar-refractivity contribution in [2.75, 3.05) is 24.8 Å². The van der Waals surface area contributed by atoms with Crippen molar-refractivity contribution in [3.05, 3.63) is 11.5 Å². The van der Waals surface area contributed by atoms with Crippen LogP contribution in [0.5, 0.6) is 5.75 Å². The average molecular weight is 304 g/mol. The highest BCUT2D eigenvalue weighted by molar-refractivity contribution is 5.58. The first-order chi connectivity index (χ1) is 10.6. The maximum atomic E-state index is 9.23. The lowest BCUT2D eigenvalue weighted by atomic mass is 9.98. The fraction of sp³-hybridized carbons (Fsp3) is 0.688. The molecule has 2 unspecified atom stereocenters. The van der Waals surface area contributed by atoms with Crippen molar-refractivity contribution in [3.63, 3.8) is 0 Å². The van der Waals surface area contributed by atoms with Crippen LogP contribution in [0.15, 0.2) is 0 Å². The number of rotatable bonds is 1. The van der Waals surface area contributed by atoms with Crippen LogP contribution in [-0.2, 0) is 4.74 Å². The number of fused-ring (bicyclic) bond motifs is 3. The molecule has 0 radical (unpaired) electrons. The predicted molar refractivity (Wildman–Crippen MR) is 83.9 cm³/mol. The van der Waals surface area contributed by atoms with E-state index in [-0.39, 0.29) is 17.9 Å². The number of hydrogen-bond acceptors (Lipinski definition) is 6. The van der Waals surface area contributed by atoms with Gasteiger partial charge in [0.1, 0.15) is 19.2 Å². The van der Waals surface area contributed by atoms with Crippen molar-refractivity contribution < 1.29 is 9.47 Å². The van der Waals surface area contributed by atoms with E-state index in [2.05, 4.69) is 29.9 Å². The number of nitriles is 1.